The highest BCUT2D eigenvalue weighted by Gasteiger charge is 2.21. The molecule has 0 atom stereocenters. The van der Waals surface area contributed by atoms with E-state index < -0.39 is 0 Å². The van der Waals surface area contributed by atoms with E-state index in [1.165, 1.54) is 17.7 Å². The zero-order valence-corrected chi connectivity index (χ0v) is 14.9. The second-order valence-corrected chi connectivity index (χ2v) is 6.25. The van der Waals surface area contributed by atoms with E-state index in [-0.39, 0.29) is 18.3 Å². The molecule has 0 N–H and O–H groups in total. The second-order valence-electron chi connectivity index (χ2n) is 6.25. The van der Waals surface area contributed by atoms with Crippen LogP contribution in [0.25, 0.3) is 0 Å². The van der Waals surface area contributed by atoms with Crippen molar-refractivity contribution in [2.45, 2.75) is 6.54 Å². The fraction of sp³-hybridized carbons (Fsp3) is 0.350. The predicted molar refractivity (Wildman–Crippen MR) is 96.7 cm³/mol. The summed E-state index contributed by atoms with van der Waals surface area (Å²) in [6, 6.07) is 13.8. The van der Waals surface area contributed by atoms with Crippen LogP contribution >= 0.6 is 0 Å². The third-order valence-electron chi connectivity index (χ3n) is 4.42. The van der Waals surface area contributed by atoms with Crippen LogP contribution in [0, 0.1) is 5.82 Å². The molecule has 0 spiro atoms. The standard InChI is InChI=1S/C20H23FN2O3/c1-25-18-6-2-4-16(12-18)14-22-8-10-23(11-9-22)20(24)15-26-19-7-3-5-17(21)13-19/h2-7,12-13H,8-11,14-15H2,1H3. The fourth-order valence-corrected chi connectivity index (χ4v) is 2.98. The summed E-state index contributed by atoms with van der Waals surface area (Å²) >= 11 is 0. The Morgan fingerprint density at radius 3 is 2.50 bits per heavy atom. The lowest BCUT2D eigenvalue weighted by Gasteiger charge is -2.34. The van der Waals surface area contributed by atoms with Crippen molar-refractivity contribution in [3.63, 3.8) is 0 Å². The van der Waals surface area contributed by atoms with Crippen molar-refractivity contribution < 1.29 is 18.7 Å². The number of rotatable bonds is 6. The molecule has 138 valence electrons. The maximum Gasteiger partial charge on any atom is 0.260 e. The van der Waals surface area contributed by atoms with Gasteiger partial charge in [0.1, 0.15) is 17.3 Å². The Balaban J connectivity index is 1.44. The van der Waals surface area contributed by atoms with Crippen LogP contribution in [0.5, 0.6) is 11.5 Å². The predicted octanol–water partition coefficient (Wildman–Crippen LogP) is 2.56. The topological polar surface area (TPSA) is 42.0 Å². The minimum absolute atomic E-state index is 0.0701. The van der Waals surface area contributed by atoms with Crippen LogP contribution < -0.4 is 9.47 Å². The first kappa shape index (κ1) is 18.2. The maximum absolute atomic E-state index is 13.1. The molecule has 26 heavy (non-hydrogen) atoms. The number of hydrogen-bond donors (Lipinski definition) is 0. The smallest absolute Gasteiger partial charge is 0.260 e. The lowest BCUT2D eigenvalue weighted by molar-refractivity contribution is -0.135. The third kappa shape index (κ3) is 4.95. The molecule has 1 heterocycles. The van der Waals surface area contributed by atoms with Crippen molar-refractivity contribution in [2.75, 3.05) is 39.9 Å². The first-order valence-corrected chi connectivity index (χ1v) is 8.65. The van der Waals surface area contributed by atoms with E-state index in [0.717, 1.165) is 25.4 Å². The molecule has 0 bridgehead atoms. The van der Waals surface area contributed by atoms with E-state index in [4.69, 9.17) is 9.47 Å². The quantitative estimate of drug-likeness (QED) is 0.796. The number of benzene rings is 2. The molecule has 2 aromatic rings. The molecule has 5 nitrogen and oxygen atoms in total. The van der Waals surface area contributed by atoms with E-state index in [2.05, 4.69) is 11.0 Å². The van der Waals surface area contributed by atoms with E-state index in [0.29, 0.717) is 18.8 Å². The van der Waals surface area contributed by atoms with Crippen LogP contribution in [0.4, 0.5) is 4.39 Å². The number of carbonyl (C=O) groups is 1. The van der Waals surface area contributed by atoms with Gasteiger partial charge in [-0.15, -0.1) is 0 Å². The molecule has 1 saturated heterocycles. The highest BCUT2D eigenvalue weighted by molar-refractivity contribution is 5.77. The molecule has 0 saturated carbocycles. The van der Waals surface area contributed by atoms with Crippen LogP contribution in [0.1, 0.15) is 5.56 Å². The van der Waals surface area contributed by atoms with Gasteiger partial charge in [0.05, 0.1) is 7.11 Å². The lowest BCUT2D eigenvalue weighted by Crippen LogP contribution is -2.49. The molecule has 1 amide bonds. The molecule has 0 aliphatic carbocycles. The summed E-state index contributed by atoms with van der Waals surface area (Å²) < 4.78 is 23.8. The third-order valence-corrected chi connectivity index (χ3v) is 4.42. The lowest BCUT2D eigenvalue weighted by atomic mass is 10.2. The average Bonchev–Trinajstić information content (AvgIpc) is 2.67. The molecule has 3 rings (SSSR count). The molecule has 2 aromatic carbocycles. The van der Waals surface area contributed by atoms with Gasteiger partial charge in [-0.05, 0) is 29.8 Å². The van der Waals surface area contributed by atoms with Gasteiger partial charge in [0.15, 0.2) is 6.61 Å². The number of ether oxygens (including phenoxy) is 2. The zero-order chi connectivity index (χ0) is 18.4. The zero-order valence-electron chi connectivity index (χ0n) is 14.9. The van der Waals surface area contributed by atoms with Crippen LogP contribution in [-0.2, 0) is 11.3 Å². The number of halogens is 1. The van der Waals surface area contributed by atoms with Gasteiger partial charge in [0.2, 0.25) is 0 Å². The van der Waals surface area contributed by atoms with Crippen LogP contribution in [0.3, 0.4) is 0 Å². The van der Waals surface area contributed by atoms with Crippen LogP contribution in [0.2, 0.25) is 0 Å². The summed E-state index contributed by atoms with van der Waals surface area (Å²) in [5, 5.41) is 0. The molecule has 0 radical (unpaired) electrons. The van der Waals surface area contributed by atoms with Gasteiger partial charge < -0.3 is 14.4 Å². The minimum atomic E-state index is -0.374. The Bertz CT molecular complexity index is 745. The van der Waals surface area contributed by atoms with Crippen LogP contribution in [0.15, 0.2) is 48.5 Å². The molecule has 0 aromatic heterocycles. The summed E-state index contributed by atoms with van der Waals surface area (Å²) in [6.45, 7) is 3.70. The number of methoxy groups -OCH3 is 1. The Morgan fingerprint density at radius 2 is 1.77 bits per heavy atom. The monoisotopic (exact) mass is 358 g/mol. The normalized spacial score (nSPS) is 14.9. The Labute approximate surface area is 152 Å². The van der Waals surface area contributed by atoms with Gasteiger partial charge in [-0.25, -0.2) is 4.39 Å². The van der Waals surface area contributed by atoms with Gasteiger partial charge in [0.25, 0.3) is 5.91 Å². The fourth-order valence-electron chi connectivity index (χ4n) is 2.98. The van der Waals surface area contributed by atoms with Crippen molar-refractivity contribution >= 4 is 5.91 Å². The number of hydrogen-bond acceptors (Lipinski definition) is 4. The van der Waals surface area contributed by atoms with Crippen molar-refractivity contribution in [1.29, 1.82) is 0 Å². The van der Waals surface area contributed by atoms with E-state index in [9.17, 15) is 9.18 Å². The molecule has 1 aliphatic rings. The largest absolute Gasteiger partial charge is 0.497 e. The molecule has 6 heteroatoms. The highest BCUT2D eigenvalue weighted by Crippen LogP contribution is 2.16. The summed E-state index contributed by atoms with van der Waals surface area (Å²) in [6.07, 6.45) is 0. The van der Waals surface area contributed by atoms with Gasteiger partial charge in [0, 0.05) is 38.8 Å². The van der Waals surface area contributed by atoms with E-state index in [1.807, 2.05) is 18.2 Å². The molecule has 1 aliphatic heterocycles. The Kier molecular flexibility index (Phi) is 6.07. The first-order valence-electron chi connectivity index (χ1n) is 8.65. The molecule has 0 unspecified atom stereocenters. The second kappa shape index (κ2) is 8.67. The van der Waals surface area contributed by atoms with Crippen molar-refractivity contribution in [2.24, 2.45) is 0 Å². The van der Waals surface area contributed by atoms with E-state index >= 15 is 0 Å². The van der Waals surface area contributed by atoms with Crippen molar-refractivity contribution in [1.82, 2.24) is 9.80 Å². The molecule has 1 fully saturated rings. The number of nitrogens with zero attached hydrogens (tertiary/aromatic N) is 2. The number of piperazine rings is 1. The maximum atomic E-state index is 13.1. The summed E-state index contributed by atoms with van der Waals surface area (Å²) in [7, 11) is 1.66. The van der Waals surface area contributed by atoms with E-state index in [1.54, 1.807) is 24.1 Å². The van der Waals surface area contributed by atoms with Crippen molar-refractivity contribution in [3.05, 3.63) is 59.9 Å². The number of carbonyl (C=O) groups excluding carboxylic acids is 1. The average molecular weight is 358 g/mol. The Morgan fingerprint density at radius 1 is 1.04 bits per heavy atom. The van der Waals surface area contributed by atoms with Gasteiger partial charge in [-0.3, -0.25) is 9.69 Å². The van der Waals surface area contributed by atoms with Crippen LogP contribution in [-0.4, -0.2) is 55.6 Å². The Hall–Kier alpha value is -2.60. The SMILES string of the molecule is COc1cccc(CN2CCN(C(=O)COc3cccc(F)c3)CC2)c1. The highest BCUT2D eigenvalue weighted by atomic mass is 19.1. The van der Waals surface area contributed by atoms with Crippen molar-refractivity contribution in [3.8, 4) is 11.5 Å². The minimum Gasteiger partial charge on any atom is -0.497 e. The molecular weight excluding hydrogens is 335 g/mol. The van der Waals surface area contributed by atoms with Gasteiger partial charge in [-0.2, -0.15) is 0 Å². The van der Waals surface area contributed by atoms with Gasteiger partial charge in [-0.1, -0.05) is 18.2 Å². The number of amides is 1. The first-order chi connectivity index (χ1) is 12.6. The molecular formula is C20H23FN2O3. The summed E-state index contributed by atoms with van der Waals surface area (Å²) in [5.41, 5.74) is 1.19. The summed E-state index contributed by atoms with van der Waals surface area (Å²) in [4.78, 5) is 16.4. The summed E-state index contributed by atoms with van der Waals surface area (Å²) in [5.74, 6) is 0.775. The van der Waals surface area contributed by atoms with Gasteiger partial charge >= 0.3 is 0 Å².